The zero-order valence-corrected chi connectivity index (χ0v) is 22.4. The number of aromatic nitrogens is 2. The monoisotopic (exact) mass is 495 g/mol. The number of rotatable bonds is 12. The summed E-state index contributed by atoms with van der Waals surface area (Å²) >= 11 is 6.80. The van der Waals surface area contributed by atoms with Crippen LogP contribution < -0.4 is 0 Å². The Morgan fingerprint density at radius 2 is 1.83 bits per heavy atom. The normalized spacial score (nSPS) is 11.4. The topological polar surface area (TPSA) is 47.4 Å². The van der Waals surface area contributed by atoms with Crippen molar-refractivity contribution in [2.75, 3.05) is 13.7 Å². The first-order valence-corrected chi connectivity index (χ1v) is 12.9. The Hall–Kier alpha value is -2.63. The van der Waals surface area contributed by atoms with Gasteiger partial charge in [-0.15, -0.1) is 0 Å². The van der Waals surface area contributed by atoms with Gasteiger partial charge in [-0.1, -0.05) is 75.2 Å². The van der Waals surface area contributed by atoms with Gasteiger partial charge in [0.2, 0.25) is 0 Å². The molecule has 0 aliphatic rings. The fraction of sp³-hybridized carbons (Fsp3) is 0.448. The molecule has 188 valence electrons. The first-order chi connectivity index (χ1) is 16.8. The van der Waals surface area contributed by atoms with Gasteiger partial charge in [0.1, 0.15) is 5.82 Å². The first-order valence-electron chi connectivity index (χ1n) is 12.5. The summed E-state index contributed by atoms with van der Waals surface area (Å²) in [6, 6.07) is 16.0. The maximum atomic E-state index is 11.8. The zero-order valence-electron chi connectivity index (χ0n) is 21.7. The molecule has 0 N–H and O–H groups in total. The standard InChI is InChI=1S/C29H38ClN3O2/c1-6-7-17-33-26(27(30)31-28(33)25-11-9-8-10-22(25)4)20-32(18-16-21(2)3)19-23-12-14-24(15-13-23)29(34)35-5/h8-15,21H,6-7,16-20H2,1-5H3. The largest absolute Gasteiger partial charge is 0.465 e. The number of hydrogen-bond donors (Lipinski definition) is 0. The van der Waals surface area contributed by atoms with E-state index in [0.717, 1.165) is 61.5 Å². The highest BCUT2D eigenvalue weighted by Crippen LogP contribution is 2.30. The molecule has 0 saturated carbocycles. The highest BCUT2D eigenvalue weighted by atomic mass is 35.5. The minimum absolute atomic E-state index is 0.316. The van der Waals surface area contributed by atoms with E-state index in [1.165, 1.54) is 12.7 Å². The molecular formula is C29H38ClN3O2. The SMILES string of the molecule is CCCCn1c(-c2ccccc2C)nc(Cl)c1CN(CCC(C)C)Cc1ccc(C(=O)OC)cc1. The molecule has 0 spiro atoms. The Kier molecular flexibility index (Phi) is 9.93. The number of carbonyl (C=O) groups is 1. The van der Waals surface area contributed by atoms with Crippen molar-refractivity contribution in [1.29, 1.82) is 0 Å². The molecule has 1 aromatic heterocycles. The summed E-state index contributed by atoms with van der Waals surface area (Å²) in [5, 5.41) is 0.579. The predicted molar refractivity (Wildman–Crippen MR) is 144 cm³/mol. The third-order valence-corrected chi connectivity index (χ3v) is 6.62. The summed E-state index contributed by atoms with van der Waals surface area (Å²) < 4.78 is 7.15. The Balaban J connectivity index is 1.92. The van der Waals surface area contributed by atoms with Gasteiger partial charge in [0.25, 0.3) is 0 Å². The first kappa shape index (κ1) is 27.0. The minimum atomic E-state index is -0.316. The van der Waals surface area contributed by atoms with Gasteiger partial charge in [0, 0.05) is 25.2 Å². The van der Waals surface area contributed by atoms with Crippen LogP contribution in [-0.4, -0.2) is 34.1 Å². The number of methoxy groups -OCH3 is 1. The molecule has 0 saturated heterocycles. The lowest BCUT2D eigenvalue weighted by atomic mass is 10.1. The maximum Gasteiger partial charge on any atom is 0.337 e. The van der Waals surface area contributed by atoms with Crippen LogP contribution >= 0.6 is 11.6 Å². The second kappa shape index (κ2) is 12.9. The number of hydrogen-bond acceptors (Lipinski definition) is 4. The summed E-state index contributed by atoms with van der Waals surface area (Å²) in [5.41, 5.74) is 5.10. The van der Waals surface area contributed by atoms with Crippen molar-refractivity contribution < 1.29 is 9.53 Å². The molecular weight excluding hydrogens is 458 g/mol. The van der Waals surface area contributed by atoms with Crippen molar-refractivity contribution in [1.82, 2.24) is 14.5 Å². The van der Waals surface area contributed by atoms with Gasteiger partial charge in [-0.05, 0) is 55.5 Å². The van der Waals surface area contributed by atoms with Crippen molar-refractivity contribution in [3.05, 3.63) is 76.1 Å². The number of aryl methyl sites for hydroxylation is 1. The molecule has 0 aliphatic carbocycles. The van der Waals surface area contributed by atoms with Crippen LogP contribution in [0.4, 0.5) is 0 Å². The van der Waals surface area contributed by atoms with E-state index >= 15 is 0 Å². The average molecular weight is 496 g/mol. The number of imidazole rings is 1. The smallest absolute Gasteiger partial charge is 0.337 e. The predicted octanol–water partition coefficient (Wildman–Crippen LogP) is 7.15. The van der Waals surface area contributed by atoms with Crippen molar-refractivity contribution in [2.24, 2.45) is 5.92 Å². The molecule has 35 heavy (non-hydrogen) atoms. The molecule has 3 aromatic rings. The quantitative estimate of drug-likeness (QED) is 0.250. The molecule has 0 atom stereocenters. The van der Waals surface area contributed by atoms with E-state index in [2.05, 4.69) is 61.4 Å². The molecule has 1 heterocycles. The van der Waals surface area contributed by atoms with E-state index in [1.54, 1.807) is 0 Å². The fourth-order valence-corrected chi connectivity index (χ4v) is 4.42. The molecule has 0 amide bonds. The van der Waals surface area contributed by atoms with Crippen molar-refractivity contribution in [3.63, 3.8) is 0 Å². The highest BCUT2D eigenvalue weighted by Gasteiger charge is 2.21. The highest BCUT2D eigenvalue weighted by molar-refractivity contribution is 6.30. The molecule has 0 aliphatic heterocycles. The van der Waals surface area contributed by atoms with Gasteiger partial charge >= 0.3 is 5.97 Å². The minimum Gasteiger partial charge on any atom is -0.465 e. The second-order valence-corrected chi connectivity index (χ2v) is 9.93. The maximum absolute atomic E-state index is 11.8. The lowest BCUT2D eigenvalue weighted by Crippen LogP contribution is -2.26. The third kappa shape index (κ3) is 7.18. The van der Waals surface area contributed by atoms with E-state index in [1.807, 2.05) is 24.3 Å². The number of halogens is 1. The van der Waals surface area contributed by atoms with Gasteiger partial charge in [0.15, 0.2) is 5.15 Å². The summed E-state index contributed by atoms with van der Waals surface area (Å²) in [7, 11) is 1.40. The Bertz CT molecular complexity index is 1110. The Morgan fingerprint density at radius 3 is 2.46 bits per heavy atom. The molecule has 0 radical (unpaired) electrons. The average Bonchev–Trinajstić information content (AvgIpc) is 3.15. The fourth-order valence-electron chi connectivity index (χ4n) is 4.18. The van der Waals surface area contributed by atoms with Gasteiger partial charge in [-0.25, -0.2) is 9.78 Å². The third-order valence-electron chi connectivity index (χ3n) is 6.32. The van der Waals surface area contributed by atoms with Gasteiger partial charge in [-0.3, -0.25) is 4.90 Å². The lowest BCUT2D eigenvalue weighted by Gasteiger charge is -2.25. The summed E-state index contributed by atoms with van der Waals surface area (Å²) in [5.74, 6) is 1.23. The number of ether oxygens (including phenoxy) is 1. The summed E-state index contributed by atoms with van der Waals surface area (Å²) in [4.78, 5) is 19.1. The van der Waals surface area contributed by atoms with Crippen molar-refractivity contribution >= 4 is 17.6 Å². The van der Waals surface area contributed by atoms with Crippen LogP contribution in [0.15, 0.2) is 48.5 Å². The molecule has 6 heteroatoms. The van der Waals surface area contributed by atoms with Gasteiger partial charge in [0.05, 0.1) is 18.4 Å². The zero-order chi connectivity index (χ0) is 25.4. The van der Waals surface area contributed by atoms with Gasteiger partial charge in [-0.2, -0.15) is 0 Å². The molecule has 2 aromatic carbocycles. The van der Waals surface area contributed by atoms with E-state index in [9.17, 15) is 4.79 Å². The van der Waals surface area contributed by atoms with Crippen LogP contribution in [-0.2, 0) is 24.4 Å². The number of unbranched alkanes of at least 4 members (excludes halogenated alkanes) is 1. The van der Waals surface area contributed by atoms with E-state index < -0.39 is 0 Å². The second-order valence-electron chi connectivity index (χ2n) is 9.57. The van der Waals surface area contributed by atoms with Crippen LogP contribution in [0.3, 0.4) is 0 Å². The molecule has 0 fully saturated rings. The Morgan fingerprint density at radius 1 is 1.11 bits per heavy atom. The van der Waals surface area contributed by atoms with Gasteiger partial charge < -0.3 is 9.30 Å². The summed E-state index contributed by atoms with van der Waals surface area (Å²) in [6.45, 7) is 12.1. The van der Waals surface area contributed by atoms with Crippen LogP contribution in [0.2, 0.25) is 5.15 Å². The lowest BCUT2D eigenvalue weighted by molar-refractivity contribution is 0.0600. The van der Waals surface area contributed by atoms with E-state index in [0.29, 0.717) is 23.2 Å². The number of benzene rings is 2. The molecule has 0 unspecified atom stereocenters. The molecule has 3 rings (SSSR count). The number of carbonyl (C=O) groups excluding carboxylic acids is 1. The van der Waals surface area contributed by atoms with E-state index in [-0.39, 0.29) is 5.97 Å². The van der Waals surface area contributed by atoms with Crippen LogP contribution in [0.25, 0.3) is 11.4 Å². The molecule has 5 nitrogen and oxygen atoms in total. The van der Waals surface area contributed by atoms with E-state index in [4.69, 9.17) is 21.3 Å². The number of nitrogens with zero attached hydrogens (tertiary/aromatic N) is 3. The molecule has 0 bridgehead atoms. The Labute approximate surface area is 215 Å². The van der Waals surface area contributed by atoms with Crippen molar-refractivity contribution in [2.45, 2.75) is 66.6 Å². The number of esters is 1. The van der Waals surface area contributed by atoms with Crippen LogP contribution in [0, 0.1) is 12.8 Å². The van der Waals surface area contributed by atoms with Crippen molar-refractivity contribution in [3.8, 4) is 11.4 Å². The summed E-state index contributed by atoms with van der Waals surface area (Å²) in [6.07, 6.45) is 3.26. The van der Waals surface area contributed by atoms with Crippen LogP contribution in [0.5, 0.6) is 0 Å². The van der Waals surface area contributed by atoms with Crippen LogP contribution in [0.1, 0.15) is 67.2 Å².